The van der Waals surface area contributed by atoms with Gasteiger partial charge in [0.2, 0.25) is 0 Å². The van der Waals surface area contributed by atoms with Crippen molar-refractivity contribution in [1.82, 2.24) is 5.32 Å². The third-order valence-electron chi connectivity index (χ3n) is 3.52. The SMILES string of the molecule is CCNC(CC1CC1)C1CCCOC1. The van der Waals surface area contributed by atoms with Gasteiger partial charge in [-0.15, -0.1) is 0 Å². The standard InChI is InChI=1S/C12H23NO/c1-2-13-12(8-10-5-6-10)11-4-3-7-14-9-11/h10-13H,2-9H2,1H3. The Bertz CT molecular complexity index is 162. The van der Waals surface area contributed by atoms with E-state index in [2.05, 4.69) is 12.2 Å². The zero-order valence-electron chi connectivity index (χ0n) is 9.30. The van der Waals surface area contributed by atoms with Crippen LogP contribution >= 0.6 is 0 Å². The van der Waals surface area contributed by atoms with Crippen LogP contribution in [0.2, 0.25) is 0 Å². The molecule has 2 heteroatoms. The monoisotopic (exact) mass is 197 g/mol. The minimum atomic E-state index is 0.729. The van der Waals surface area contributed by atoms with E-state index in [0.717, 1.165) is 37.6 Å². The number of rotatable bonds is 5. The molecule has 2 atom stereocenters. The van der Waals surface area contributed by atoms with E-state index in [9.17, 15) is 0 Å². The molecule has 2 aliphatic rings. The highest BCUT2D eigenvalue weighted by Crippen LogP contribution is 2.36. The first-order valence-corrected chi connectivity index (χ1v) is 6.21. The number of nitrogens with one attached hydrogen (secondary N) is 1. The molecule has 0 bridgehead atoms. The molecule has 1 saturated heterocycles. The van der Waals surface area contributed by atoms with Gasteiger partial charge in [0.05, 0.1) is 6.61 Å². The Morgan fingerprint density at radius 2 is 2.21 bits per heavy atom. The number of ether oxygens (including phenoxy) is 1. The summed E-state index contributed by atoms with van der Waals surface area (Å²) < 4.78 is 5.57. The van der Waals surface area contributed by atoms with Gasteiger partial charge in [0.1, 0.15) is 0 Å². The Hall–Kier alpha value is -0.0800. The zero-order chi connectivity index (χ0) is 9.80. The van der Waals surface area contributed by atoms with Gasteiger partial charge in [0.15, 0.2) is 0 Å². The van der Waals surface area contributed by atoms with Crippen LogP contribution < -0.4 is 5.32 Å². The topological polar surface area (TPSA) is 21.3 Å². The molecule has 1 saturated carbocycles. The van der Waals surface area contributed by atoms with E-state index in [1.807, 2.05) is 0 Å². The predicted molar refractivity (Wildman–Crippen MR) is 58.3 cm³/mol. The molecular weight excluding hydrogens is 174 g/mol. The van der Waals surface area contributed by atoms with E-state index in [1.165, 1.54) is 32.1 Å². The molecule has 1 N–H and O–H groups in total. The molecule has 0 aromatic rings. The van der Waals surface area contributed by atoms with Crippen molar-refractivity contribution in [3.8, 4) is 0 Å². The molecule has 2 fully saturated rings. The van der Waals surface area contributed by atoms with Gasteiger partial charge in [-0.25, -0.2) is 0 Å². The van der Waals surface area contributed by atoms with Gasteiger partial charge < -0.3 is 10.1 Å². The van der Waals surface area contributed by atoms with Crippen LogP contribution in [0, 0.1) is 11.8 Å². The highest BCUT2D eigenvalue weighted by molar-refractivity contribution is 4.85. The van der Waals surface area contributed by atoms with Crippen LogP contribution in [0.4, 0.5) is 0 Å². The van der Waals surface area contributed by atoms with Crippen LogP contribution in [0.1, 0.15) is 39.0 Å². The highest BCUT2D eigenvalue weighted by atomic mass is 16.5. The van der Waals surface area contributed by atoms with E-state index in [-0.39, 0.29) is 0 Å². The maximum atomic E-state index is 5.57. The van der Waals surface area contributed by atoms with Gasteiger partial charge in [-0.2, -0.15) is 0 Å². The van der Waals surface area contributed by atoms with E-state index in [4.69, 9.17) is 4.74 Å². The van der Waals surface area contributed by atoms with Gasteiger partial charge in [-0.3, -0.25) is 0 Å². The van der Waals surface area contributed by atoms with Crippen LogP contribution in [-0.4, -0.2) is 25.8 Å². The molecule has 0 spiro atoms. The predicted octanol–water partition coefficient (Wildman–Crippen LogP) is 2.19. The second kappa shape index (κ2) is 5.13. The van der Waals surface area contributed by atoms with Crippen molar-refractivity contribution < 1.29 is 4.74 Å². The third kappa shape index (κ3) is 2.96. The van der Waals surface area contributed by atoms with Crippen molar-refractivity contribution in [3.63, 3.8) is 0 Å². The second-order valence-electron chi connectivity index (χ2n) is 4.82. The van der Waals surface area contributed by atoms with E-state index in [0.29, 0.717) is 0 Å². The molecule has 1 heterocycles. The number of hydrogen-bond donors (Lipinski definition) is 1. The molecular formula is C12H23NO. The average molecular weight is 197 g/mol. The summed E-state index contributed by atoms with van der Waals surface area (Å²) in [6, 6.07) is 0.729. The molecule has 2 unspecified atom stereocenters. The summed E-state index contributed by atoms with van der Waals surface area (Å²) >= 11 is 0. The van der Waals surface area contributed by atoms with Crippen molar-refractivity contribution in [2.24, 2.45) is 11.8 Å². The molecule has 1 aliphatic carbocycles. The smallest absolute Gasteiger partial charge is 0.0509 e. The van der Waals surface area contributed by atoms with Gasteiger partial charge in [-0.1, -0.05) is 19.8 Å². The van der Waals surface area contributed by atoms with Crippen LogP contribution in [0.5, 0.6) is 0 Å². The van der Waals surface area contributed by atoms with Crippen LogP contribution in [0.25, 0.3) is 0 Å². The van der Waals surface area contributed by atoms with Crippen LogP contribution in [-0.2, 0) is 4.74 Å². The lowest BCUT2D eigenvalue weighted by atomic mass is 9.90. The summed E-state index contributed by atoms with van der Waals surface area (Å²) in [6.45, 7) is 5.29. The third-order valence-corrected chi connectivity index (χ3v) is 3.52. The summed E-state index contributed by atoms with van der Waals surface area (Å²) in [5.41, 5.74) is 0. The van der Waals surface area contributed by atoms with Crippen LogP contribution in [0.15, 0.2) is 0 Å². The summed E-state index contributed by atoms with van der Waals surface area (Å²) in [5, 5.41) is 3.64. The minimum Gasteiger partial charge on any atom is -0.381 e. The van der Waals surface area contributed by atoms with Gasteiger partial charge in [0.25, 0.3) is 0 Å². The lowest BCUT2D eigenvalue weighted by Gasteiger charge is -2.30. The molecule has 0 radical (unpaired) electrons. The Labute approximate surface area is 87.4 Å². The lowest BCUT2D eigenvalue weighted by Crippen LogP contribution is -2.40. The van der Waals surface area contributed by atoms with Crippen molar-refractivity contribution in [3.05, 3.63) is 0 Å². The molecule has 82 valence electrons. The Morgan fingerprint density at radius 3 is 2.79 bits per heavy atom. The fourth-order valence-corrected chi connectivity index (χ4v) is 2.50. The Morgan fingerprint density at radius 1 is 1.36 bits per heavy atom. The largest absolute Gasteiger partial charge is 0.381 e. The molecule has 2 rings (SSSR count). The van der Waals surface area contributed by atoms with E-state index < -0.39 is 0 Å². The maximum Gasteiger partial charge on any atom is 0.0509 e. The summed E-state index contributed by atoms with van der Waals surface area (Å²) in [7, 11) is 0. The molecule has 0 amide bonds. The second-order valence-corrected chi connectivity index (χ2v) is 4.82. The van der Waals surface area contributed by atoms with E-state index in [1.54, 1.807) is 0 Å². The zero-order valence-corrected chi connectivity index (χ0v) is 9.30. The summed E-state index contributed by atoms with van der Waals surface area (Å²) in [6.07, 6.45) is 6.95. The quantitative estimate of drug-likeness (QED) is 0.729. The van der Waals surface area contributed by atoms with Gasteiger partial charge in [-0.05, 0) is 37.6 Å². The van der Waals surface area contributed by atoms with Crippen molar-refractivity contribution in [1.29, 1.82) is 0 Å². The average Bonchev–Trinajstić information content (AvgIpc) is 3.03. The summed E-state index contributed by atoms with van der Waals surface area (Å²) in [4.78, 5) is 0. The summed E-state index contributed by atoms with van der Waals surface area (Å²) in [5.74, 6) is 1.81. The highest BCUT2D eigenvalue weighted by Gasteiger charge is 2.30. The first kappa shape index (κ1) is 10.4. The van der Waals surface area contributed by atoms with E-state index >= 15 is 0 Å². The fraction of sp³-hybridized carbons (Fsp3) is 1.00. The molecule has 0 aromatic heterocycles. The molecule has 2 nitrogen and oxygen atoms in total. The molecule has 0 aromatic carbocycles. The first-order chi connectivity index (χ1) is 6.90. The van der Waals surface area contributed by atoms with Gasteiger partial charge >= 0.3 is 0 Å². The molecule has 1 aliphatic heterocycles. The Balaban J connectivity index is 1.79. The Kier molecular flexibility index (Phi) is 3.82. The first-order valence-electron chi connectivity index (χ1n) is 6.21. The van der Waals surface area contributed by atoms with Crippen molar-refractivity contribution in [2.75, 3.05) is 19.8 Å². The van der Waals surface area contributed by atoms with Crippen molar-refractivity contribution >= 4 is 0 Å². The fourth-order valence-electron chi connectivity index (χ4n) is 2.50. The molecule has 14 heavy (non-hydrogen) atoms. The van der Waals surface area contributed by atoms with Crippen molar-refractivity contribution in [2.45, 2.75) is 45.1 Å². The minimum absolute atomic E-state index is 0.729. The van der Waals surface area contributed by atoms with Crippen LogP contribution in [0.3, 0.4) is 0 Å². The normalized spacial score (nSPS) is 30.2. The lowest BCUT2D eigenvalue weighted by molar-refractivity contribution is 0.0373. The maximum absolute atomic E-state index is 5.57. The van der Waals surface area contributed by atoms with Gasteiger partial charge in [0, 0.05) is 12.6 Å². The number of hydrogen-bond acceptors (Lipinski definition) is 2.